The summed E-state index contributed by atoms with van der Waals surface area (Å²) in [6, 6.07) is 11.4. The molecule has 0 unspecified atom stereocenters. The van der Waals surface area contributed by atoms with Crippen molar-refractivity contribution in [2.45, 2.75) is 89.9 Å². The van der Waals surface area contributed by atoms with Crippen LogP contribution in [0.25, 0.3) is 11.1 Å². The summed E-state index contributed by atoms with van der Waals surface area (Å²) in [5.41, 5.74) is 8.23. The minimum Gasteiger partial charge on any atom is -0.0675 e. The molecule has 0 N–H and O–H groups in total. The highest BCUT2D eigenvalue weighted by molar-refractivity contribution is 7.32. The van der Waals surface area contributed by atoms with E-state index in [0.717, 1.165) is 11.8 Å². The van der Waals surface area contributed by atoms with E-state index >= 15 is 0 Å². The van der Waals surface area contributed by atoms with E-state index in [4.69, 9.17) is 0 Å². The first kappa shape index (κ1) is 17.7. The Morgan fingerprint density at radius 1 is 0.714 bits per heavy atom. The van der Waals surface area contributed by atoms with Crippen molar-refractivity contribution in [3.8, 4) is 11.1 Å². The zero-order chi connectivity index (χ0) is 19.7. The van der Waals surface area contributed by atoms with E-state index in [2.05, 4.69) is 71.9 Å². The van der Waals surface area contributed by atoms with E-state index in [0.29, 0.717) is 21.7 Å². The molecule has 4 aliphatic rings. The molecule has 28 heavy (non-hydrogen) atoms. The van der Waals surface area contributed by atoms with Gasteiger partial charge in [0.15, 0.2) is 0 Å². The summed E-state index contributed by atoms with van der Waals surface area (Å²) in [5, 5.41) is 3.60. The number of rotatable bonds is 1. The molecule has 146 valence electrons. The third-order valence-electron chi connectivity index (χ3n) is 10.5. The Bertz CT molecular complexity index is 954. The van der Waals surface area contributed by atoms with Crippen molar-refractivity contribution < 1.29 is 0 Å². The van der Waals surface area contributed by atoms with Gasteiger partial charge in [0.2, 0.25) is 0 Å². The van der Waals surface area contributed by atoms with Crippen LogP contribution in [0.3, 0.4) is 0 Å². The second-order valence-electron chi connectivity index (χ2n) is 11.7. The molecule has 0 spiro atoms. The lowest BCUT2D eigenvalue weighted by Gasteiger charge is -2.37. The lowest BCUT2D eigenvalue weighted by Crippen LogP contribution is -2.32. The molecule has 4 atom stereocenters. The van der Waals surface area contributed by atoms with Gasteiger partial charge in [-0.3, -0.25) is 0 Å². The normalized spacial score (nSPS) is 37.9. The van der Waals surface area contributed by atoms with Crippen LogP contribution in [-0.4, -0.2) is 0 Å². The maximum atomic E-state index is 2.59. The first-order chi connectivity index (χ1) is 13.1. The first-order valence-electron chi connectivity index (χ1n) is 11.3. The van der Waals surface area contributed by atoms with E-state index in [1.54, 1.807) is 35.5 Å². The zero-order valence-corrected chi connectivity index (χ0v) is 19.2. The van der Waals surface area contributed by atoms with Gasteiger partial charge < -0.3 is 0 Å². The molecule has 2 aromatic rings. The summed E-state index contributed by atoms with van der Waals surface area (Å²) in [6.45, 7) is 15.4. The minimum atomic E-state index is 0.370. The van der Waals surface area contributed by atoms with Crippen LogP contribution in [0.2, 0.25) is 0 Å². The van der Waals surface area contributed by atoms with Crippen LogP contribution in [0.15, 0.2) is 30.3 Å². The molecule has 2 saturated carbocycles. The molecule has 1 heteroatoms. The largest absolute Gasteiger partial charge is 0.0675 e. The fourth-order valence-corrected chi connectivity index (χ4v) is 10.2. The van der Waals surface area contributed by atoms with Crippen LogP contribution in [0, 0.1) is 10.8 Å². The van der Waals surface area contributed by atoms with Gasteiger partial charge in [-0.1, -0.05) is 80.1 Å². The van der Waals surface area contributed by atoms with E-state index in [-0.39, 0.29) is 0 Å². The second-order valence-corrected chi connectivity index (χ2v) is 12.8. The molecular weight excluding hydrogens is 355 g/mol. The van der Waals surface area contributed by atoms with Crippen molar-refractivity contribution in [1.82, 2.24) is 0 Å². The molecule has 0 amide bonds. The monoisotopic (exact) mass is 388 g/mol. The van der Waals surface area contributed by atoms with Gasteiger partial charge in [-0.25, -0.2) is 0 Å². The number of benzene rings is 1. The van der Waals surface area contributed by atoms with Crippen molar-refractivity contribution in [3.63, 3.8) is 0 Å². The van der Waals surface area contributed by atoms with E-state index < -0.39 is 0 Å². The maximum Gasteiger partial charge on any atom is 0.00285 e. The van der Waals surface area contributed by atoms with Crippen molar-refractivity contribution in [2.24, 2.45) is 10.8 Å². The van der Waals surface area contributed by atoms with Crippen LogP contribution < -0.4 is 0 Å². The van der Waals surface area contributed by atoms with E-state index in [1.165, 1.54) is 31.2 Å². The standard InChI is InChI=1S/C27H33P/c1-24(2)17-12-14-26(24,5)22-20(17)19(16-10-8-7-9-11-16)21-18-13-15-27(6,23(21)28-22)25(18,3)4/h7-11,17-18H,12-15H2,1-6H3/t17-,18-,26+,27+/m1/s1. The van der Waals surface area contributed by atoms with Crippen molar-refractivity contribution in [3.05, 3.63) is 52.0 Å². The lowest BCUT2D eigenvalue weighted by atomic mass is 9.70. The fourth-order valence-electron chi connectivity index (χ4n) is 7.91. The van der Waals surface area contributed by atoms with Gasteiger partial charge in [0.25, 0.3) is 0 Å². The number of hydrogen-bond donors (Lipinski definition) is 0. The molecule has 1 aromatic carbocycles. The Labute approximate surface area is 172 Å². The summed E-state index contributed by atoms with van der Waals surface area (Å²) < 4.78 is 0. The summed E-state index contributed by atoms with van der Waals surface area (Å²) in [4.78, 5) is 0. The van der Waals surface area contributed by atoms with Gasteiger partial charge in [-0.2, -0.15) is 0 Å². The highest BCUT2D eigenvalue weighted by Crippen LogP contribution is 2.77. The van der Waals surface area contributed by atoms with Crippen LogP contribution in [-0.2, 0) is 10.8 Å². The molecule has 0 radical (unpaired) electrons. The number of fused-ring (bicyclic) bond motifs is 10. The highest BCUT2D eigenvalue weighted by Gasteiger charge is 2.65. The molecule has 0 aliphatic heterocycles. The molecule has 0 nitrogen and oxygen atoms in total. The van der Waals surface area contributed by atoms with Gasteiger partial charge in [0.05, 0.1) is 0 Å². The predicted molar refractivity (Wildman–Crippen MR) is 121 cm³/mol. The SMILES string of the molecule is CC1(C)[C@@H]2CC[C@@]1(C)c1pc3c(c(-c4ccccc4)c12)[C@H]1CC[C@]3(C)C1(C)C. The van der Waals surface area contributed by atoms with E-state index in [9.17, 15) is 0 Å². The molecule has 0 saturated heterocycles. The highest BCUT2D eigenvalue weighted by atomic mass is 31.0. The van der Waals surface area contributed by atoms with Gasteiger partial charge >= 0.3 is 0 Å². The number of hydrogen-bond acceptors (Lipinski definition) is 0. The fraction of sp³-hybridized carbons (Fsp3) is 0.593. The Morgan fingerprint density at radius 2 is 1.18 bits per heavy atom. The Hall–Kier alpha value is -1.13. The average molecular weight is 389 g/mol. The molecule has 2 fully saturated rings. The van der Waals surface area contributed by atoms with Gasteiger partial charge in [-0.05, 0) is 81.2 Å². The lowest BCUT2D eigenvalue weighted by molar-refractivity contribution is 0.231. The zero-order valence-electron chi connectivity index (χ0n) is 18.3. The molecule has 4 aliphatic carbocycles. The van der Waals surface area contributed by atoms with E-state index in [1.807, 2.05) is 0 Å². The van der Waals surface area contributed by atoms with Crippen LogP contribution >= 0.6 is 8.19 Å². The maximum absolute atomic E-state index is 2.59. The minimum absolute atomic E-state index is 0.370. The summed E-state index contributed by atoms with van der Waals surface area (Å²) in [6.07, 6.45) is 5.51. The first-order valence-corrected chi connectivity index (χ1v) is 12.2. The second kappa shape index (κ2) is 4.95. The van der Waals surface area contributed by atoms with Gasteiger partial charge in [0, 0.05) is 10.8 Å². The van der Waals surface area contributed by atoms with Crippen LogP contribution in [0.5, 0.6) is 0 Å². The van der Waals surface area contributed by atoms with Crippen molar-refractivity contribution in [1.29, 1.82) is 0 Å². The quantitative estimate of drug-likeness (QED) is 0.461. The molecule has 1 aromatic heterocycles. The third kappa shape index (κ3) is 1.64. The Morgan fingerprint density at radius 3 is 1.64 bits per heavy atom. The topological polar surface area (TPSA) is 0 Å². The molecule has 6 rings (SSSR count). The van der Waals surface area contributed by atoms with Crippen LogP contribution in [0.1, 0.15) is 101 Å². The summed E-state index contributed by atoms with van der Waals surface area (Å²) in [7, 11) is 1.59. The van der Waals surface area contributed by atoms with Crippen molar-refractivity contribution >= 4 is 8.19 Å². The molecular formula is C27H33P. The summed E-state index contributed by atoms with van der Waals surface area (Å²) >= 11 is 0. The van der Waals surface area contributed by atoms with Gasteiger partial charge in [0.1, 0.15) is 0 Å². The van der Waals surface area contributed by atoms with Crippen LogP contribution in [0.4, 0.5) is 0 Å². The van der Waals surface area contributed by atoms with Gasteiger partial charge in [-0.15, -0.1) is 0 Å². The Balaban J connectivity index is 1.76. The smallest absolute Gasteiger partial charge is 0.00285 e. The van der Waals surface area contributed by atoms with Crippen molar-refractivity contribution in [2.75, 3.05) is 0 Å². The summed E-state index contributed by atoms with van der Waals surface area (Å²) in [5.74, 6) is 1.47. The molecule has 1 heterocycles. The average Bonchev–Trinajstić information content (AvgIpc) is 3.17. The Kier molecular flexibility index (Phi) is 3.13. The molecule has 4 bridgehead atoms. The third-order valence-corrected chi connectivity index (χ3v) is 12.4. The predicted octanol–water partition coefficient (Wildman–Crippen LogP) is 8.28.